The van der Waals surface area contributed by atoms with Crippen molar-refractivity contribution in [1.82, 2.24) is 10.2 Å². The number of carbonyl (C=O) groups is 2. The highest BCUT2D eigenvalue weighted by Gasteiger charge is 2.47. The standard InChI is InChI=1S/C16H22N2O2/c1-11(2)10-13-14(19)17-16(3,15(20)18(13)4)12-8-6-5-7-9-12/h5-9,11,13H,10H2,1-4H3,(H,17,19). The fourth-order valence-corrected chi connectivity index (χ4v) is 2.73. The van der Waals surface area contributed by atoms with E-state index in [0.717, 1.165) is 5.56 Å². The number of amides is 2. The SMILES string of the molecule is CC(C)CC1C(=O)NC(C)(c2ccccc2)C(=O)N1C. The van der Waals surface area contributed by atoms with Crippen LogP contribution in [0.4, 0.5) is 0 Å². The Morgan fingerprint density at radius 1 is 1.25 bits per heavy atom. The maximum absolute atomic E-state index is 12.7. The molecule has 0 radical (unpaired) electrons. The normalized spacial score (nSPS) is 26.9. The van der Waals surface area contributed by atoms with Crippen LogP contribution in [-0.4, -0.2) is 29.8 Å². The Kier molecular flexibility index (Phi) is 3.84. The van der Waals surface area contributed by atoms with E-state index < -0.39 is 5.54 Å². The summed E-state index contributed by atoms with van der Waals surface area (Å²) in [5, 5.41) is 2.91. The summed E-state index contributed by atoms with van der Waals surface area (Å²) in [5.41, 5.74) is -0.159. The molecule has 4 heteroatoms. The minimum atomic E-state index is -0.972. The van der Waals surface area contributed by atoms with Crippen molar-refractivity contribution in [3.05, 3.63) is 35.9 Å². The number of carbonyl (C=O) groups excluding carboxylic acids is 2. The molecule has 1 aromatic rings. The van der Waals surface area contributed by atoms with E-state index in [1.807, 2.05) is 30.3 Å². The molecule has 2 unspecified atom stereocenters. The van der Waals surface area contributed by atoms with Crippen LogP contribution in [0.25, 0.3) is 0 Å². The van der Waals surface area contributed by atoms with E-state index in [-0.39, 0.29) is 17.9 Å². The highest BCUT2D eigenvalue weighted by molar-refractivity contribution is 6.00. The third-order valence-electron chi connectivity index (χ3n) is 3.94. The van der Waals surface area contributed by atoms with Crippen LogP contribution in [0.15, 0.2) is 30.3 Å². The predicted molar refractivity (Wildman–Crippen MR) is 77.9 cm³/mol. The minimum Gasteiger partial charge on any atom is -0.336 e. The fourth-order valence-electron chi connectivity index (χ4n) is 2.73. The largest absolute Gasteiger partial charge is 0.336 e. The van der Waals surface area contributed by atoms with Gasteiger partial charge in [-0.2, -0.15) is 0 Å². The summed E-state index contributed by atoms with van der Waals surface area (Å²) in [6, 6.07) is 9.01. The van der Waals surface area contributed by atoms with Crippen molar-refractivity contribution < 1.29 is 9.59 Å². The molecular weight excluding hydrogens is 252 g/mol. The zero-order valence-corrected chi connectivity index (χ0v) is 12.5. The molecule has 1 saturated heterocycles. The van der Waals surface area contributed by atoms with Gasteiger partial charge in [-0.25, -0.2) is 0 Å². The van der Waals surface area contributed by atoms with Crippen molar-refractivity contribution in [3.8, 4) is 0 Å². The molecule has 108 valence electrons. The van der Waals surface area contributed by atoms with E-state index in [1.54, 1.807) is 18.9 Å². The van der Waals surface area contributed by atoms with Gasteiger partial charge in [0.25, 0.3) is 5.91 Å². The van der Waals surface area contributed by atoms with Gasteiger partial charge < -0.3 is 10.2 Å². The quantitative estimate of drug-likeness (QED) is 0.915. The first-order valence-corrected chi connectivity index (χ1v) is 7.01. The van der Waals surface area contributed by atoms with Gasteiger partial charge in [-0.15, -0.1) is 0 Å². The van der Waals surface area contributed by atoms with Gasteiger partial charge in [0.05, 0.1) is 0 Å². The van der Waals surface area contributed by atoms with Crippen LogP contribution in [0.5, 0.6) is 0 Å². The van der Waals surface area contributed by atoms with Crippen molar-refractivity contribution in [2.24, 2.45) is 5.92 Å². The topological polar surface area (TPSA) is 49.4 Å². The summed E-state index contributed by atoms with van der Waals surface area (Å²) < 4.78 is 0. The van der Waals surface area contributed by atoms with E-state index >= 15 is 0 Å². The number of piperazine rings is 1. The lowest BCUT2D eigenvalue weighted by Gasteiger charge is -2.43. The van der Waals surface area contributed by atoms with E-state index in [4.69, 9.17) is 0 Å². The molecule has 2 atom stereocenters. The summed E-state index contributed by atoms with van der Waals surface area (Å²) in [7, 11) is 1.72. The Morgan fingerprint density at radius 3 is 2.40 bits per heavy atom. The first-order chi connectivity index (χ1) is 9.36. The van der Waals surface area contributed by atoms with Gasteiger partial charge in [-0.3, -0.25) is 9.59 Å². The molecule has 1 aliphatic heterocycles. The van der Waals surface area contributed by atoms with E-state index in [0.29, 0.717) is 12.3 Å². The van der Waals surface area contributed by atoms with Gasteiger partial charge >= 0.3 is 0 Å². The minimum absolute atomic E-state index is 0.0612. The summed E-state index contributed by atoms with van der Waals surface area (Å²) in [6.45, 7) is 5.87. The van der Waals surface area contributed by atoms with Crippen LogP contribution in [0.2, 0.25) is 0 Å². The smallest absolute Gasteiger partial charge is 0.253 e. The summed E-state index contributed by atoms with van der Waals surface area (Å²) in [5.74, 6) is 0.225. The Morgan fingerprint density at radius 2 is 1.85 bits per heavy atom. The Balaban J connectivity index is 2.33. The molecule has 20 heavy (non-hydrogen) atoms. The Hall–Kier alpha value is -1.84. The first kappa shape index (κ1) is 14.6. The summed E-state index contributed by atoms with van der Waals surface area (Å²) >= 11 is 0. The molecule has 1 fully saturated rings. The van der Waals surface area contributed by atoms with E-state index in [9.17, 15) is 9.59 Å². The molecule has 2 rings (SSSR count). The zero-order chi connectivity index (χ0) is 14.9. The third-order valence-corrected chi connectivity index (χ3v) is 3.94. The number of rotatable bonds is 3. The highest BCUT2D eigenvalue weighted by Crippen LogP contribution is 2.29. The van der Waals surface area contributed by atoms with Crippen molar-refractivity contribution in [3.63, 3.8) is 0 Å². The lowest BCUT2D eigenvalue weighted by atomic mass is 9.86. The number of nitrogens with zero attached hydrogens (tertiary/aromatic N) is 1. The molecule has 0 aromatic heterocycles. The van der Waals surface area contributed by atoms with Gasteiger partial charge in [0, 0.05) is 7.05 Å². The van der Waals surface area contributed by atoms with Crippen molar-refractivity contribution >= 4 is 11.8 Å². The van der Waals surface area contributed by atoms with Crippen molar-refractivity contribution in [2.75, 3.05) is 7.05 Å². The molecule has 0 bridgehead atoms. The lowest BCUT2D eigenvalue weighted by Crippen LogP contribution is -2.66. The number of nitrogens with one attached hydrogen (secondary N) is 1. The monoisotopic (exact) mass is 274 g/mol. The molecule has 1 aromatic carbocycles. The van der Waals surface area contributed by atoms with Crippen molar-refractivity contribution in [1.29, 1.82) is 0 Å². The third kappa shape index (κ3) is 2.42. The number of hydrogen-bond acceptors (Lipinski definition) is 2. The van der Waals surface area contributed by atoms with Crippen LogP contribution in [0.3, 0.4) is 0 Å². The maximum atomic E-state index is 12.7. The van der Waals surface area contributed by atoms with Crippen LogP contribution in [-0.2, 0) is 15.1 Å². The summed E-state index contributed by atoms with van der Waals surface area (Å²) in [4.78, 5) is 26.7. The van der Waals surface area contributed by atoms with Gasteiger partial charge in [-0.1, -0.05) is 44.2 Å². The molecule has 2 amide bonds. The van der Waals surface area contributed by atoms with Crippen molar-refractivity contribution in [2.45, 2.75) is 38.8 Å². The Bertz CT molecular complexity index is 512. The highest BCUT2D eigenvalue weighted by atomic mass is 16.2. The number of benzene rings is 1. The van der Waals surface area contributed by atoms with Crippen LogP contribution >= 0.6 is 0 Å². The van der Waals surface area contributed by atoms with Crippen LogP contribution in [0.1, 0.15) is 32.8 Å². The van der Waals surface area contributed by atoms with Crippen LogP contribution < -0.4 is 5.32 Å². The van der Waals surface area contributed by atoms with Crippen LogP contribution in [0, 0.1) is 5.92 Å². The maximum Gasteiger partial charge on any atom is 0.253 e. The average molecular weight is 274 g/mol. The van der Waals surface area contributed by atoms with Gasteiger partial charge in [-0.05, 0) is 24.8 Å². The number of likely N-dealkylation sites (N-methyl/N-ethyl adjacent to an activating group) is 1. The molecule has 0 aliphatic carbocycles. The molecule has 4 nitrogen and oxygen atoms in total. The molecule has 0 saturated carbocycles. The molecular formula is C16H22N2O2. The second-order valence-corrected chi connectivity index (χ2v) is 6.04. The second kappa shape index (κ2) is 5.27. The van der Waals surface area contributed by atoms with E-state index in [2.05, 4.69) is 19.2 Å². The second-order valence-electron chi connectivity index (χ2n) is 6.04. The molecule has 1 heterocycles. The molecule has 1 N–H and O–H groups in total. The van der Waals surface area contributed by atoms with Gasteiger partial charge in [0.15, 0.2) is 0 Å². The Labute approximate surface area is 120 Å². The zero-order valence-electron chi connectivity index (χ0n) is 12.5. The fraction of sp³-hybridized carbons (Fsp3) is 0.500. The van der Waals surface area contributed by atoms with Gasteiger partial charge in [0.1, 0.15) is 11.6 Å². The van der Waals surface area contributed by atoms with Gasteiger partial charge in [0.2, 0.25) is 5.91 Å². The predicted octanol–water partition coefficient (Wildman–Crippen LogP) is 1.90. The van der Waals surface area contributed by atoms with E-state index in [1.165, 1.54) is 0 Å². The average Bonchev–Trinajstić information content (AvgIpc) is 2.42. The number of hydrogen-bond donors (Lipinski definition) is 1. The lowest BCUT2D eigenvalue weighted by molar-refractivity contribution is -0.153. The summed E-state index contributed by atoms with van der Waals surface area (Å²) in [6.07, 6.45) is 0.680. The first-order valence-electron chi connectivity index (χ1n) is 7.01. The molecule has 0 spiro atoms. The molecule has 1 aliphatic rings.